The van der Waals surface area contributed by atoms with E-state index in [2.05, 4.69) is 17.2 Å². The Morgan fingerprint density at radius 3 is 2.88 bits per heavy atom. The lowest BCUT2D eigenvalue weighted by Gasteiger charge is -2.07. The summed E-state index contributed by atoms with van der Waals surface area (Å²) in [5, 5.41) is 3.31. The summed E-state index contributed by atoms with van der Waals surface area (Å²) < 4.78 is 10.5. The Balaban J connectivity index is 2.09. The molecule has 0 spiro atoms. The SMILES string of the molecule is CCCCOCCCNc1ccnc(OC)c1. The van der Waals surface area contributed by atoms with Crippen molar-refractivity contribution < 1.29 is 9.47 Å². The van der Waals surface area contributed by atoms with Crippen LogP contribution >= 0.6 is 0 Å². The maximum atomic E-state index is 5.48. The number of hydrogen-bond acceptors (Lipinski definition) is 4. The van der Waals surface area contributed by atoms with E-state index in [0.717, 1.165) is 38.3 Å². The number of nitrogens with zero attached hydrogens (tertiary/aromatic N) is 1. The molecule has 4 heteroatoms. The third kappa shape index (κ3) is 6.12. The van der Waals surface area contributed by atoms with Gasteiger partial charge in [0.05, 0.1) is 7.11 Å². The smallest absolute Gasteiger partial charge is 0.214 e. The van der Waals surface area contributed by atoms with Crippen molar-refractivity contribution in [2.75, 3.05) is 32.2 Å². The lowest BCUT2D eigenvalue weighted by molar-refractivity contribution is 0.131. The number of anilines is 1. The highest BCUT2D eigenvalue weighted by molar-refractivity contribution is 5.44. The molecule has 17 heavy (non-hydrogen) atoms. The quantitative estimate of drug-likeness (QED) is 0.672. The second kappa shape index (κ2) is 8.82. The molecule has 1 N–H and O–H groups in total. The van der Waals surface area contributed by atoms with Crippen LogP contribution in [0.2, 0.25) is 0 Å². The number of nitrogens with one attached hydrogen (secondary N) is 1. The molecule has 0 aliphatic carbocycles. The molecule has 1 rings (SSSR count). The number of pyridine rings is 1. The van der Waals surface area contributed by atoms with Gasteiger partial charge in [0.15, 0.2) is 0 Å². The van der Waals surface area contributed by atoms with E-state index >= 15 is 0 Å². The Labute approximate surface area is 103 Å². The molecule has 4 nitrogen and oxygen atoms in total. The molecule has 1 heterocycles. The van der Waals surface area contributed by atoms with E-state index in [-0.39, 0.29) is 0 Å². The number of rotatable bonds is 9. The highest BCUT2D eigenvalue weighted by Gasteiger charge is 1.95. The molecule has 0 unspecified atom stereocenters. The fourth-order valence-electron chi connectivity index (χ4n) is 1.39. The molecule has 0 amide bonds. The average Bonchev–Trinajstić information content (AvgIpc) is 2.38. The second-order valence-electron chi connectivity index (χ2n) is 3.83. The maximum Gasteiger partial charge on any atom is 0.214 e. The highest BCUT2D eigenvalue weighted by Crippen LogP contribution is 2.12. The van der Waals surface area contributed by atoms with Gasteiger partial charge >= 0.3 is 0 Å². The minimum atomic E-state index is 0.634. The molecule has 0 atom stereocenters. The summed E-state index contributed by atoms with van der Waals surface area (Å²) in [4.78, 5) is 4.05. The van der Waals surface area contributed by atoms with Gasteiger partial charge in [-0.05, 0) is 18.9 Å². The number of hydrogen-bond donors (Lipinski definition) is 1. The first-order valence-corrected chi connectivity index (χ1v) is 6.18. The number of aromatic nitrogens is 1. The van der Waals surface area contributed by atoms with E-state index in [0.29, 0.717) is 5.88 Å². The fourth-order valence-corrected chi connectivity index (χ4v) is 1.39. The molecule has 96 valence electrons. The van der Waals surface area contributed by atoms with Gasteiger partial charge in [-0.1, -0.05) is 13.3 Å². The van der Waals surface area contributed by atoms with E-state index in [1.54, 1.807) is 13.3 Å². The number of unbranched alkanes of at least 4 members (excludes halogenated alkanes) is 1. The van der Waals surface area contributed by atoms with E-state index < -0.39 is 0 Å². The summed E-state index contributed by atoms with van der Waals surface area (Å²) in [5.74, 6) is 0.634. The van der Waals surface area contributed by atoms with Crippen molar-refractivity contribution in [3.05, 3.63) is 18.3 Å². The van der Waals surface area contributed by atoms with Crippen molar-refractivity contribution >= 4 is 5.69 Å². The van der Waals surface area contributed by atoms with Crippen molar-refractivity contribution in [1.82, 2.24) is 4.98 Å². The minimum Gasteiger partial charge on any atom is -0.481 e. The Kier molecular flexibility index (Phi) is 7.14. The third-order valence-corrected chi connectivity index (χ3v) is 2.38. The third-order valence-electron chi connectivity index (χ3n) is 2.38. The second-order valence-corrected chi connectivity index (χ2v) is 3.83. The summed E-state index contributed by atoms with van der Waals surface area (Å²) in [6.07, 6.45) is 5.08. The molecule has 1 aromatic rings. The zero-order chi connectivity index (χ0) is 12.3. The van der Waals surface area contributed by atoms with Gasteiger partial charge in [-0.3, -0.25) is 0 Å². The van der Waals surface area contributed by atoms with Gasteiger partial charge in [0.1, 0.15) is 0 Å². The van der Waals surface area contributed by atoms with E-state index in [4.69, 9.17) is 9.47 Å². The Morgan fingerprint density at radius 2 is 2.12 bits per heavy atom. The van der Waals surface area contributed by atoms with Gasteiger partial charge in [0.2, 0.25) is 5.88 Å². The molecule has 0 aromatic carbocycles. The Hall–Kier alpha value is -1.29. The number of methoxy groups -OCH3 is 1. The van der Waals surface area contributed by atoms with Gasteiger partial charge in [-0.15, -0.1) is 0 Å². The molecule has 0 aliphatic heterocycles. The van der Waals surface area contributed by atoms with E-state index in [1.807, 2.05) is 12.1 Å². The van der Waals surface area contributed by atoms with Crippen LogP contribution in [0.1, 0.15) is 26.2 Å². The van der Waals surface area contributed by atoms with Crippen LogP contribution in [0.4, 0.5) is 5.69 Å². The molecule has 0 saturated carbocycles. The van der Waals surface area contributed by atoms with Crippen molar-refractivity contribution in [2.24, 2.45) is 0 Å². The zero-order valence-corrected chi connectivity index (χ0v) is 10.7. The summed E-state index contributed by atoms with van der Waals surface area (Å²) in [5.41, 5.74) is 1.03. The van der Waals surface area contributed by atoms with Crippen molar-refractivity contribution in [2.45, 2.75) is 26.2 Å². The van der Waals surface area contributed by atoms with Crippen molar-refractivity contribution in [3.63, 3.8) is 0 Å². The van der Waals surface area contributed by atoms with Gasteiger partial charge < -0.3 is 14.8 Å². The largest absolute Gasteiger partial charge is 0.481 e. The summed E-state index contributed by atoms with van der Waals surface area (Å²) in [6, 6.07) is 3.82. The zero-order valence-electron chi connectivity index (χ0n) is 10.7. The van der Waals surface area contributed by atoms with E-state index in [9.17, 15) is 0 Å². The minimum absolute atomic E-state index is 0.634. The first-order chi connectivity index (χ1) is 8.36. The Bertz CT molecular complexity index is 305. The number of ether oxygens (including phenoxy) is 2. The van der Waals surface area contributed by atoms with Gasteiger partial charge in [-0.25, -0.2) is 4.98 Å². The van der Waals surface area contributed by atoms with E-state index in [1.165, 1.54) is 6.42 Å². The molecule has 1 aromatic heterocycles. The van der Waals surface area contributed by atoms with Crippen molar-refractivity contribution in [1.29, 1.82) is 0 Å². The van der Waals surface area contributed by atoms with Crippen LogP contribution in [0, 0.1) is 0 Å². The summed E-state index contributed by atoms with van der Waals surface area (Å²) in [6.45, 7) is 4.76. The highest BCUT2D eigenvalue weighted by atomic mass is 16.5. The lowest BCUT2D eigenvalue weighted by atomic mass is 10.3. The van der Waals surface area contributed by atoms with Crippen LogP contribution in [-0.4, -0.2) is 31.9 Å². The Morgan fingerprint density at radius 1 is 1.29 bits per heavy atom. The summed E-state index contributed by atoms with van der Waals surface area (Å²) >= 11 is 0. The van der Waals surface area contributed by atoms with Crippen molar-refractivity contribution in [3.8, 4) is 5.88 Å². The topological polar surface area (TPSA) is 43.4 Å². The van der Waals surface area contributed by atoms with Crippen LogP contribution in [0.15, 0.2) is 18.3 Å². The monoisotopic (exact) mass is 238 g/mol. The first-order valence-electron chi connectivity index (χ1n) is 6.18. The predicted octanol–water partition coefficient (Wildman–Crippen LogP) is 2.71. The van der Waals surface area contributed by atoms with Crippen LogP contribution in [-0.2, 0) is 4.74 Å². The van der Waals surface area contributed by atoms with Gasteiger partial charge in [-0.2, -0.15) is 0 Å². The van der Waals surface area contributed by atoms with Crippen LogP contribution in [0.25, 0.3) is 0 Å². The average molecular weight is 238 g/mol. The lowest BCUT2D eigenvalue weighted by Crippen LogP contribution is -2.06. The van der Waals surface area contributed by atoms with Gasteiger partial charge in [0, 0.05) is 37.7 Å². The molecule has 0 radical (unpaired) electrons. The maximum absolute atomic E-state index is 5.48. The standard InChI is InChI=1S/C13H22N2O2/c1-3-4-9-17-10-5-7-14-12-6-8-15-13(11-12)16-2/h6,8,11H,3-5,7,9-10H2,1-2H3,(H,14,15). The summed E-state index contributed by atoms with van der Waals surface area (Å²) in [7, 11) is 1.62. The molecule has 0 fully saturated rings. The first kappa shape index (κ1) is 13.8. The van der Waals surface area contributed by atoms with Gasteiger partial charge in [0.25, 0.3) is 0 Å². The fraction of sp³-hybridized carbons (Fsp3) is 0.615. The normalized spacial score (nSPS) is 10.2. The predicted molar refractivity (Wildman–Crippen MR) is 69.6 cm³/mol. The van der Waals surface area contributed by atoms with Crippen LogP contribution < -0.4 is 10.1 Å². The molecule has 0 bridgehead atoms. The van der Waals surface area contributed by atoms with Crippen LogP contribution in [0.3, 0.4) is 0 Å². The van der Waals surface area contributed by atoms with Crippen LogP contribution in [0.5, 0.6) is 5.88 Å². The molecule has 0 aliphatic rings. The molecule has 0 saturated heterocycles. The molecular formula is C13H22N2O2. The molecular weight excluding hydrogens is 216 g/mol.